The van der Waals surface area contributed by atoms with Gasteiger partial charge in [0.1, 0.15) is 11.6 Å². The minimum Gasteiger partial charge on any atom is -0.451 e. The molecule has 1 atom stereocenters. The Kier molecular flexibility index (Phi) is 6.13. The fourth-order valence-corrected chi connectivity index (χ4v) is 3.80. The predicted molar refractivity (Wildman–Crippen MR) is 116 cm³/mol. The smallest absolute Gasteiger partial charge is 0.291 e. The first-order valence-electron chi connectivity index (χ1n) is 10.3. The number of amides is 2. The largest absolute Gasteiger partial charge is 0.451 e. The van der Waals surface area contributed by atoms with Crippen LogP contribution in [0.3, 0.4) is 0 Å². The molecule has 2 amide bonds. The van der Waals surface area contributed by atoms with E-state index < -0.39 is 0 Å². The van der Waals surface area contributed by atoms with Crippen LogP contribution in [0, 0.1) is 11.7 Å². The Morgan fingerprint density at radius 1 is 1.06 bits per heavy atom. The number of nitrogens with one attached hydrogen (secondary N) is 1. The average molecular weight is 421 g/mol. The molecule has 0 aliphatic carbocycles. The van der Waals surface area contributed by atoms with Gasteiger partial charge in [-0.05, 0) is 73.5 Å². The quantitative estimate of drug-likeness (QED) is 0.629. The van der Waals surface area contributed by atoms with E-state index in [9.17, 15) is 14.0 Å². The Balaban J connectivity index is 1.35. The highest BCUT2D eigenvalue weighted by Gasteiger charge is 2.23. The fourth-order valence-electron chi connectivity index (χ4n) is 3.80. The molecule has 1 unspecified atom stereocenters. The number of nitrogens with two attached hydrogens (primary N) is 1. The number of rotatable bonds is 6. The summed E-state index contributed by atoms with van der Waals surface area (Å²) < 4.78 is 18.7. The summed E-state index contributed by atoms with van der Waals surface area (Å²) in [6.45, 7) is 2.36. The number of anilines is 1. The summed E-state index contributed by atoms with van der Waals surface area (Å²) in [6, 6.07) is 16.8. The molecule has 1 aromatic heterocycles. The fraction of sp³-hybridized carbons (Fsp3) is 0.250. The zero-order chi connectivity index (χ0) is 21.8. The second-order valence-corrected chi connectivity index (χ2v) is 7.80. The van der Waals surface area contributed by atoms with E-state index in [0.717, 1.165) is 31.5 Å². The zero-order valence-electron chi connectivity index (χ0n) is 17.0. The Morgan fingerprint density at radius 3 is 2.52 bits per heavy atom. The molecule has 1 aliphatic rings. The van der Waals surface area contributed by atoms with Crippen molar-refractivity contribution in [3.63, 3.8) is 0 Å². The second-order valence-electron chi connectivity index (χ2n) is 7.80. The van der Waals surface area contributed by atoms with E-state index >= 15 is 0 Å². The first-order chi connectivity index (χ1) is 15.0. The number of likely N-dealkylation sites (tertiary alicyclic amines) is 1. The summed E-state index contributed by atoms with van der Waals surface area (Å²) >= 11 is 0. The van der Waals surface area contributed by atoms with Crippen LogP contribution in [0.1, 0.15) is 29.0 Å². The van der Waals surface area contributed by atoms with Gasteiger partial charge in [-0.15, -0.1) is 0 Å². The van der Waals surface area contributed by atoms with Crippen molar-refractivity contribution in [2.24, 2.45) is 11.7 Å². The van der Waals surface area contributed by atoms with Gasteiger partial charge in [0.25, 0.3) is 5.91 Å². The highest BCUT2D eigenvalue weighted by molar-refractivity contribution is 6.02. The van der Waals surface area contributed by atoms with Crippen LogP contribution >= 0.6 is 0 Å². The molecule has 1 aliphatic heterocycles. The molecule has 6 nitrogen and oxygen atoms in total. The molecule has 7 heteroatoms. The van der Waals surface area contributed by atoms with Gasteiger partial charge in [0.15, 0.2) is 5.76 Å². The number of furan rings is 1. The van der Waals surface area contributed by atoms with Crippen molar-refractivity contribution < 1.29 is 18.4 Å². The normalized spacial score (nSPS) is 16.7. The average Bonchev–Trinajstić information content (AvgIpc) is 3.26. The SMILES string of the molecule is NC(=O)C1CCCN(Cc2ccc(NC(=O)c3ccc(-c4ccc(F)cc4)o3)cc2)C1. The van der Waals surface area contributed by atoms with Crippen molar-refractivity contribution in [1.82, 2.24) is 4.90 Å². The monoisotopic (exact) mass is 421 g/mol. The molecule has 0 bridgehead atoms. The highest BCUT2D eigenvalue weighted by atomic mass is 19.1. The van der Waals surface area contributed by atoms with Gasteiger partial charge in [-0.2, -0.15) is 0 Å². The maximum atomic E-state index is 13.1. The van der Waals surface area contributed by atoms with Gasteiger partial charge >= 0.3 is 0 Å². The second kappa shape index (κ2) is 9.14. The highest BCUT2D eigenvalue weighted by Crippen LogP contribution is 2.23. The summed E-state index contributed by atoms with van der Waals surface area (Å²) in [6.07, 6.45) is 1.82. The molecule has 3 aromatic rings. The summed E-state index contributed by atoms with van der Waals surface area (Å²) in [5.41, 5.74) is 7.90. The van der Waals surface area contributed by atoms with E-state index in [2.05, 4.69) is 10.2 Å². The molecule has 1 saturated heterocycles. The molecular formula is C24H24FN3O3. The number of carbonyl (C=O) groups excluding carboxylic acids is 2. The maximum Gasteiger partial charge on any atom is 0.291 e. The van der Waals surface area contributed by atoms with Crippen molar-refractivity contribution >= 4 is 17.5 Å². The number of carbonyl (C=O) groups is 2. The molecule has 160 valence electrons. The van der Waals surface area contributed by atoms with E-state index in [4.69, 9.17) is 10.2 Å². The molecule has 1 fully saturated rings. The van der Waals surface area contributed by atoms with Crippen molar-refractivity contribution in [2.75, 3.05) is 18.4 Å². The van der Waals surface area contributed by atoms with Crippen molar-refractivity contribution in [2.45, 2.75) is 19.4 Å². The van der Waals surface area contributed by atoms with Gasteiger partial charge in [0.05, 0.1) is 5.92 Å². The Labute approximate surface area is 179 Å². The van der Waals surface area contributed by atoms with Crippen LogP contribution in [0.15, 0.2) is 65.1 Å². The van der Waals surface area contributed by atoms with Crippen molar-refractivity contribution in [3.8, 4) is 11.3 Å². The van der Waals surface area contributed by atoms with Crippen LogP contribution in [0.25, 0.3) is 11.3 Å². The molecule has 4 rings (SSSR count). The minimum atomic E-state index is -0.360. The third-order valence-corrected chi connectivity index (χ3v) is 5.48. The zero-order valence-corrected chi connectivity index (χ0v) is 17.0. The van der Waals surface area contributed by atoms with E-state index in [-0.39, 0.29) is 29.3 Å². The molecule has 31 heavy (non-hydrogen) atoms. The van der Waals surface area contributed by atoms with Crippen LogP contribution in [-0.4, -0.2) is 29.8 Å². The van der Waals surface area contributed by atoms with Crippen LogP contribution in [0.2, 0.25) is 0 Å². The van der Waals surface area contributed by atoms with Crippen molar-refractivity contribution in [3.05, 3.63) is 77.8 Å². The number of benzene rings is 2. The van der Waals surface area contributed by atoms with E-state index in [1.165, 1.54) is 12.1 Å². The number of halogens is 1. The Bertz CT molecular complexity index is 1060. The topological polar surface area (TPSA) is 88.6 Å². The van der Waals surface area contributed by atoms with E-state index in [0.29, 0.717) is 23.6 Å². The number of primary amides is 1. The van der Waals surface area contributed by atoms with E-state index in [1.54, 1.807) is 24.3 Å². The molecule has 0 saturated carbocycles. The van der Waals surface area contributed by atoms with Crippen LogP contribution < -0.4 is 11.1 Å². The summed E-state index contributed by atoms with van der Waals surface area (Å²) in [5.74, 6) is -0.333. The van der Waals surface area contributed by atoms with Crippen molar-refractivity contribution in [1.29, 1.82) is 0 Å². The third kappa shape index (κ3) is 5.19. The first-order valence-corrected chi connectivity index (χ1v) is 10.3. The first kappa shape index (κ1) is 20.8. The van der Waals surface area contributed by atoms with Gasteiger partial charge in [0, 0.05) is 24.3 Å². The molecular weight excluding hydrogens is 397 g/mol. The summed E-state index contributed by atoms with van der Waals surface area (Å²) in [4.78, 5) is 26.2. The standard InChI is InChI=1S/C24H24FN3O3/c25-19-7-5-17(6-8-19)21-11-12-22(31-21)24(30)27-20-9-3-16(4-10-20)14-28-13-1-2-18(15-28)23(26)29/h3-12,18H,1-2,13-15H2,(H2,26,29)(H,27,30). The summed E-state index contributed by atoms with van der Waals surface area (Å²) in [7, 11) is 0. The van der Waals surface area contributed by atoms with Gasteiger partial charge in [-0.1, -0.05) is 12.1 Å². The summed E-state index contributed by atoms with van der Waals surface area (Å²) in [5, 5.41) is 2.82. The van der Waals surface area contributed by atoms with Crippen LogP contribution in [0.5, 0.6) is 0 Å². The third-order valence-electron chi connectivity index (χ3n) is 5.48. The maximum absolute atomic E-state index is 13.1. The lowest BCUT2D eigenvalue weighted by Crippen LogP contribution is -2.40. The number of hydrogen-bond donors (Lipinski definition) is 2. The van der Waals surface area contributed by atoms with Crippen LogP contribution in [-0.2, 0) is 11.3 Å². The van der Waals surface area contributed by atoms with E-state index in [1.807, 2.05) is 24.3 Å². The number of hydrogen-bond acceptors (Lipinski definition) is 4. The Morgan fingerprint density at radius 2 is 1.81 bits per heavy atom. The molecule has 2 aromatic carbocycles. The van der Waals surface area contributed by atoms with Crippen LogP contribution in [0.4, 0.5) is 10.1 Å². The van der Waals surface area contributed by atoms with Gasteiger partial charge < -0.3 is 15.5 Å². The van der Waals surface area contributed by atoms with Gasteiger partial charge in [-0.25, -0.2) is 4.39 Å². The minimum absolute atomic E-state index is 0.0830. The molecule has 2 heterocycles. The Hall–Kier alpha value is -3.45. The molecule has 3 N–H and O–H groups in total. The van der Waals surface area contributed by atoms with Gasteiger partial charge in [0.2, 0.25) is 5.91 Å². The number of nitrogens with zero attached hydrogens (tertiary/aromatic N) is 1. The molecule has 0 radical (unpaired) electrons. The molecule has 0 spiro atoms. The predicted octanol–water partition coefficient (Wildman–Crippen LogP) is 4.04. The lowest BCUT2D eigenvalue weighted by atomic mass is 9.97. The lowest BCUT2D eigenvalue weighted by Gasteiger charge is -2.31. The number of piperidine rings is 1. The lowest BCUT2D eigenvalue weighted by molar-refractivity contribution is -0.123. The van der Waals surface area contributed by atoms with Gasteiger partial charge in [-0.3, -0.25) is 14.5 Å².